The summed E-state index contributed by atoms with van der Waals surface area (Å²) in [6.45, 7) is 4.35. The molecule has 6 nitrogen and oxygen atoms in total. The first kappa shape index (κ1) is 14.0. The summed E-state index contributed by atoms with van der Waals surface area (Å²) in [5.41, 5.74) is 6.82. The van der Waals surface area contributed by atoms with Gasteiger partial charge < -0.3 is 15.2 Å². The fourth-order valence-electron chi connectivity index (χ4n) is 1.70. The van der Waals surface area contributed by atoms with Crippen LogP contribution in [-0.4, -0.2) is 22.1 Å². The van der Waals surface area contributed by atoms with Crippen LogP contribution in [0.25, 0.3) is 0 Å². The van der Waals surface area contributed by atoms with E-state index in [1.54, 1.807) is 0 Å². The number of methoxy groups -OCH3 is 1. The van der Waals surface area contributed by atoms with Crippen molar-refractivity contribution in [2.45, 2.75) is 26.2 Å². The lowest BCUT2D eigenvalue weighted by Crippen LogP contribution is -2.02. The Bertz CT molecular complexity index is 572. The van der Waals surface area contributed by atoms with Crippen molar-refractivity contribution >= 4 is 5.95 Å². The molecule has 1 atom stereocenters. The molecule has 0 bridgehead atoms. The maximum Gasteiger partial charge on any atom is 0.330 e. The second kappa shape index (κ2) is 6.18. The van der Waals surface area contributed by atoms with Gasteiger partial charge in [-0.1, -0.05) is 26.0 Å². The molecule has 0 amide bonds. The molecule has 0 aliphatic carbocycles. The van der Waals surface area contributed by atoms with Crippen LogP contribution >= 0.6 is 0 Å². The molecule has 1 unspecified atom stereocenters. The highest BCUT2D eigenvalue weighted by atomic mass is 16.5. The normalized spacial score (nSPS) is 11.9. The number of hydrogen-bond acceptors (Lipinski definition) is 6. The van der Waals surface area contributed by atoms with Gasteiger partial charge in [0.15, 0.2) is 0 Å². The predicted molar refractivity (Wildman–Crippen MR) is 76.0 cm³/mol. The number of nitrogens with zero attached hydrogens (tertiary/aromatic N) is 3. The Morgan fingerprint density at radius 2 is 1.75 bits per heavy atom. The maximum atomic E-state index is 5.55. The second-order valence-corrected chi connectivity index (χ2v) is 4.44. The third-order valence-corrected chi connectivity index (χ3v) is 3.06. The van der Waals surface area contributed by atoms with E-state index in [0.29, 0.717) is 11.7 Å². The van der Waals surface area contributed by atoms with Gasteiger partial charge in [-0.2, -0.15) is 9.97 Å². The predicted octanol–water partition coefficient (Wildman–Crippen LogP) is 2.77. The van der Waals surface area contributed by atoms with Gasteiger partial charge in [-0.25, -0.2) is 0 Å². The Labute approximate surface area is 118 Å². The molecule has 106 valence electrons. The van der Waals surface area contributed by atoms with Crippen molar-refractivity contribution in [1.29, 1.82) is 0 Å². The van der Waals surface area contributed by atoms with E-state index in [1.165, 1.54) is 12.7 Å². The number of aromatic nitrogens is 3. The molecule has 0 aliphatic heterocycles. The van der Waals surface area contributed by atoms with Crippen LogP contribution in [0.5, 0.6) is 17.8 Å². The van der Waals surface area contributed by atoms with Crippen molar-refractivity contribution in [3.8, 4) is 17.8 Å². The average molecular weight is 274 g/mol. The zero-order valence-electron chi connectivity index (χ0n) is 11.8. The van der Waals surface area contributed by atoms with Gasteiger partial charge in [0.25, 0.3) is 0 Å². The highest BCUT2D eigenvalue weighted by molar-refractivity contribution is 5.31. The third-order valence-electron chi connectivity index (χ3n) is 3.06. The fourth-order valence-corrected chi connectivity index (χ4v) is 1.70. The summed E-state index contributed by atoms with van der Waals surface area (Å²) in [6.07, 6.45) is 1.10. The minimum Gasteiger partial charge on any atom is -0.467 e. The zero-order valence-corrected chi connectivity index (χ0v) is 11.8. The van der Waals surface area contributed by atoms with E-state index in [9.17, 15) is 0 Å². The molecule has 0 radical (unpaired) electrons. The Hall–Kier alpha value is -2.37. The van der Waals surface area contributed by atoms with Crippen molar-refractivity contribution in [1.82, 2.24) is 15.0 Å². The summed E-state index contributed by atoms with van der Waals surface area (Å²) in [6, 6.07) is 8.08. The highest BCUT2D eigenvalue weighted by Crippen LogP contribution is 2.24. The highest BCUT2D eigenvalue weighted by Gasteiger charge is 2.08. The van der Waals surface area contributed by atoms with Crippen molar-refractivity contribution in [2.24, 2.45) is 0 Å². The molecular weight excluding hydrogens is 256 g/mol. The number of ether oxygens (including phenoxy) is 2. The Morgan fingerprint density at radius 3 is 2.35 bits per heavy atom. The molecule has 6 heteroatoms. The molecule has 2 N–H and O–H groups in total. The zero-order chi connectivity index (χ0) is 14.5. The van der Waals surface area contributed by atoms with E-state index in [-0.39, 0.29) is 18.0 Å². The van der Waals surface area contributed by atoms with Crippen molar-refractivity contribution < 1.29 is 9.47 Å². The molecule has 1 heterocycles. The van der Waals surface area contributed by atoms with Crippen LogP contribution in [0.3, 0.4) is 0 Å². The minimum atomic E-state index is 0.0584. The summed E-state index contributed by atoms with van der Waals surface area (Å²) in [5, 5.41) is 0. The molecular formula is C14H18N4O2. The van der Waals surface area contributed by atoms with E-state index >= 15 is 0 Å². The monoisotopic (exact) mass is 274 g/mol. The van der Waals surface area contributed by atoms with Gasteiger partial charge in [-0.15, -0.1) is 4.98 Å². The number of nitrogen functional groups attached to an aromatic ring is 1. The number of nitrogens with two attached hydrogens (primary N) is 1. The van der Waals surface area contributed by atoms with Gasteiger partial charge in [0, 0.05) is 0 Å². The van der Waals surface area contributed by atoms with Gasteiger partial charge in [-0.3, -0.25) is 0 Å². The van der Waals surface area contributed by atoms with Crippen LogP contribution in [0.4, 0.5) is 5.95 Å². The standard InChI is InChI=1S/C14H18N4O2/c1-4-9(2)10-5-7-11(8-6-10)20-14-17-12(15)16-13(18-14)19-3/h5-9H,4H2,1-3H3,(H2,15,16,17,18). The lowest BCUT2D eigenvalue weighted by molar-refractivity contribution is 0.360. The number of anilines is 1. The van der Waals surface area contributed by atoms with Crippen LogP contribution in [0.2, 0.25) is 0 Å². The van der Waals surface area contributed by atoms with Gasteiger partial charge in [-0.05, 0) is 30.0 Å². The van der Waals surface area contributed by atoms with Crippen LogP contribution in [0.15, 0.2) is 24.3 Å². The maximum absolute atomic E-state index is 5.55. The van der Waals surface area contributed by atoms with Gasteiger partial charge in [0.1, 0.15) is 5.75 Å². The molecule has 0 aliphatic rings. The Kier molecular flexibility index (Phi) is 4.34. The summed E-state index contributed by atoms with van der Waals surface area (Å²) in [7, 11) is 1.46. The Balaban J connectivity index is 2.15. The van der Waals surface area contributed by atoms with Crippen LogP contribution in [0.1, 0.15) is 31.7 Å². The number of hydrogen-bond donors (Lipinski definition) is 1. The lowest BCUT2D eigenvalue weighted by Gasteiger charge is -2.10. The van der Waals surface area contributed by atoms with E-state index in [0.717, 1.165) is 6.42 Å². The van der Waals surface area contributed by atoms with Crippen LogP contribution in [-0.2, 0) is 0 Å². The molecule has 0 spiro atoms. The van der Waals surface area contributed by atoms with Gasteiger partial charge in [0.05, 0.1) is 7.11 Å². The molecule has 20 heavy (non-hydrogen) atoms. The van der Waals surface area contributed by atoms with Gasteiger partial charge in [0.2, 0.25) is 5.95 Å². The largest absolute Gasteiger partial charge is 0.467 e. The van der Waals surface area contributed by atoms with E-state index in [1.807, 2.05) is 24.3 Å². The first-order chi connectivity index (χ1) is 9.62. The topological polar surface area (TPSA) is 83.2 Å². The number of rotatable bonds is 5. The molecule has 0 saturated carbocycles. The SMILES string of the molecule is CCC(C)c1ccc(Oc2nc(N)nc(OC)n2)cc1. The number of benzene rings is 1. The van der Waals surface area contributed by atoms with Gasteiger partial charge >= 0.3 is 12.0 Å². The average Bonchev–Trinajstić information content (AvgIpc) is 2.46. The molecule has 0 saturated heterocycles. The smallest absolute Gasteiger partial charge is 0.330 e. The summed E-state index contributed by atoms with van der Waals surface area (Å²) in [4.78, 5) is 11.7. The first-order valence-electron chi connectivity index (χ1n) is 6.45. The van der Waals surface area contributed by atoms with Crippen LogP contribution < -0.4 is 15.2 Å². The third kappa shape index (κ3) is 3.34. The molecule has 2 aromatic rings. The molecule has 2 rings (SSSR count). The van der Waals surface area contributed by atoms with Crippen molar-refractivity contribution in [2.75, 3.05) is 12.8 Å². The summed E-state index contributed by atoms with van der Waals surface area (Å²) >= 11 is 0. The Morgan fingerprint density at radius 1 is 1.10 bits per heavy atom. The second-order valence-electron chi connectivity index (χ2n) is 4.44. The van der Waals surface area contributed by atoms with E-state index in [4.69, 9.17) is 15.2 Å². The van der Waals surface area contributed by atoms with Crippen molar-refractivity contribution in [3.05, 3.63) is 29.8 Å². The van der Waals surface area contributed by atoms with E-state index in [2.05, 4.69) is 28.8 Å². The fraction of sp³-hybridized carbons (Fsp3) is 0.357. The van der Waals surface area contributed by atoms with Crippen LogP contribution in [0, 0.1) is 0 Å². The molecule has 0 fully saturated rings. The van der Waals surface area contributed by atoms with E-state index < -0.39 is 0 Å². The van der Waals surface area contributed by atoms with Crippen molar-refractivity contribution in [3.63, 3.8) is 0 Å². The molecule has 1 aromatic heterocycles. The summed E-state index contributed by atoms with van der Waals surface area (Å²) in [5.74, 6) is 1.23. The summed E-state index contributed by atoms with van der Waals surface area (Å²) < 4.78 is 10.5. The quantitative estimate of drug-likeness (QED) is 0.902. The minimum absolute atomic E-state index is 0.0584. The molecule has 1 aromatic carbocycles. The lowest BCUT2D eigenvalue weighted by atomic mass is 9.99. The first-order valence-corrected chi connectivity index (χ1v) is 6.45.